The quantitative estimate of drug-likeness (QED) is 0.368. The molecule has 23 heavy (non-hydrogen) atoms. The van der Waals surface area contributed by atoms with E-state index >= 15 is 0 Å². The van der Waals surface area contributed by atoms with Crippen LogP contribution in [-0.2, 0) is 0 Å². The molecule has 0 bridgehead atoms. The molecular formula is C15H15AsFIN2O3. The molecule has 0 aliphatic heterocycles. The van der Waals surface area contributed by atoms with Gasteiger partial charge in [0.05, 0.1) is 0 Å². The summed E-state index contributed by atoms with van der Waals surface area (Å²) < 4.78 is 16.1. The van der Waals surface area contributed by atoms with Crippen molar-refractivity contribution in [2.75, 3.05) is 13.2 Å². The van der Waals surface area contributed by atoms with Gasteiger partial charge in [-0.15, -0.1) is 0 Å². The summed E-state index contributed by atoms with van der Waals surface area (Å²) in [5.41, 5.74) is 0.420. The summed E-state index contributed by atoms with van der Waals surface area (Å²) >= 11 is 0.983. The maximum atomic E-state index is 14.0. The van der Waals surface area contributed by atoms with Gasteiger partial charge in [-0.1, -0.05) is 0 Å². The fraction of sp³-hybridized carbons (Fsp3) is 0.200. The Morgan fingerprint density at radius 2 is 2.17 bits per heavy atom. The van der Waals surface area contributed by atoms with Gasteiger partial charge in [0.2, 0.25) is 0 Å². The topological polar surface area (TPSA) is 82.5 Å². The van der Waals surface area contributed by atoms with Crippen LogP contribution in [0.2, 0.25) is 0 Å². The molecule has 0 saturated carbocycles. The first-order valence-electron chi connectivity index (χ1n) is 6.74. The number of rotatable bonds is 6. The standard InChI is InChI=1S/C15H15AsFIN2O3/c17-14-5-9(18)1-2-12(14)16-13-7-19-4-3-11(13)15(23)20-6-10(22)8-21/h1-5,7,10,16,21-22H,6,8H2,(H,20,23). The zero-order valence-corrected chi connectivity index (χ0v) is 16.2. The first-order chi connectivity index (χ1) is 11.0. The predicted molar refractivity (Wildman–Crippen MR) is 95.2 cm³/mol. The van der Waals surface area contributed by atoms with Gasteiger partial charge in [-0.2, -0.15) is 0 Å². The number of hydrogen-bond acceptors (Lipinski definition) is 4. The number of carbonyl (C=O) groups is 1. The summed E-state index contributed by atoms with van der Waals surface area (Å²) in [5.74, 6) is -0.646. The number of amides is 1. The second kappa shape index (κ2) is 8.73. The maximum absolute atomic E-state index is 14.0. The van der Waals surface area contributed by atoms with Gasteiger partial charge >= 0.3 is 154 Å². The van der Waals surface area contributed by atoms with Crippen LogP contribution < -0.4 is 14.0 Å². The van der Waals surface area contributed by atoms with Crippen molar-refractivity contribution in [3.05, 3.63) is 51.6 Å². The van der Waals surface area contributed by atoms with Crippen LogP contribution in [0, 0.1) is 9.39 Å². The first kappa shape index (κ1) is 18.3. The van der Waals surface area contributed by atoms with Crippen molar-refractivity contribution in [3.63, 3.8) is 0 Å². The zero-order valence-electron chi connectivity index (χ0n) is 12.0. The Kier molecular flexibility index (Phi) is 6.95. The van der Waals surface area contributed by atoms with Gasteiger partial charge in [0.15, 0.2) is 0 Å². The van der Waals surface area contributed by atoms with E-state index in [-0.39, 0.29) is 18.3 Å². The van der Waals surface area contributed by atoms with Gasteiger partial charge < -0.3 is 0 Å². The van der Waals surface area contributed by atoms with Crippen LogP contribution in [-0.4, -0.2) is 56.1 Å². The van der Waals surface area contributed by atoms with E-state index in [2.05, 4.69) is 10.3 Å². The third kappa shape index (κ3) is 5.24. The summed E-state index contributed by atoms with van der Waals surface area (Å²) in [6, 6.07) is 6.61. The molecule has 0 fully saturated rings. The normalized spacial score (nSPS) is 12.5. The number of halogens is 2. The molecule has 0 aliphatic rings. The molecule has 1 aromatic heterocycles. The molecule has 3 N–H and O–H groups in total. The van der Waals surface area contributed by atoms with Crippen molar-refractivity contribution in [1.29, 1.82) is 0 Å². The van der Waals surface area contributed by atoms with Crippen LogP contribution in [0.4, 0.5) is 4.39 Å². The van der Waals surface area contributed by atoms with Crippen LogP contribution in [0.15, 0.2) is 36.7 Å². The number of nitrogens with zero attached hydrogens (tertiary/aromatic N) is 1. The van der Waals surface area contributed by atoms with Crippen molar-refractivity contribution in [2.24, 2.45) is 0 Å². The summed E-state index contributed by atoms with van der Waals surface area (Å²) in [4.78, 5) is 16.2. The number of hydrogen-bond donors (Lipinski definition) is 3. The van der Waals surface area contributed by atoms with Crippen LogP contribution in [0.5, 0.6) is 0 Å². The van der Waals surface area contributed by atoms with Crippen molar-refractivity contribution < 1.29 is 19.4 Å². The van der Waals surface area contributed by atoms with Crippen molar-refractivity contribution in [1.82, 2.24) is 10.3 Å². The van der Waals surface area contributed by atoms with E-state index in [1.807, 2.05) is 28.7 Å². The monoisotopic (exact) mass is 492 g/mol. The molecule has 2 aromatic rings. The Balaban J connectivity index is 2.18. The average molecular weight is 492 g/mol. The molecular weight excluding hydrogens is 477 g/mol. The van der Waals surface area contributed by atoms with E-state index in [0.717, 1.165) is 3.57 Å². The Morgan fingerprint density at radius 3 is 2.87 bits per heavy atom. The molecule has 1 amide bonds. The van der Waals surface area contributed by atoms with Crippen molar-refractivity contribution in [2.45, 2.75) is 6.10 Å². The molecule has 0 radical (unpaired) electrons. The van der Waals surface area contributed by atoms with E-state index in [1.165, 1.54) is 12.3 Å². The van der Waals surface area contributed by atoms with Gasteiger partial charge in [0.25, 0.3) is 0 Å². The molecule has 0 spiro atoms. The fourth-order valence-corrected chi connectivity index (χ4v) is 4.60. The second-order valence-corrected chi connectivity index (χ2v) is 8.75. The number of aliphatic hydroxyl groups excluding tert-OH is 2. The Morgan fingerprint density at radius 1 is 1.39 bits per heavy atom. The fourth-order valence-electron chi connectivity index (χ4n) is 1.80. The number of carbonyl (C=O) groups excluding carboxylic acids is 1. The van der Waals surface area contributed by atoms with Crippen molar-refractivity contribution >= 4 is 53.0 Å². The zero-order chi connectivity index (χ0) is 16.8. The third-order valence-corrected chi connectivity index (χ3v) is 6.46. The Bertz CT molecular complexity index is 702. The molecule has 1 aromatic carbocycles. The molecule has 2 atom stereocenters. The van der Waals surface area contributed by atoms with Gasteiger partial charge in [-0.25, -0.2) is 0 Å². The Labute approximate surface area is 153 Å². The predicted octanol–water partition coefficient (Wildman–Crippen LogP) is -0.704. The van der Waals surface area contributed by atoms with E-state index in [1.54, 1.807) is 18.3 Å². The average Bonchev–Trinajstić information content (AvgIpc) is 2.55. The number of aromatic nitrogens is 1. The SMILES string of the molecule is O=C(NCC(O)CO)c1ccncc1[AsH]c1ccc(I)cc1F. The van der Waals surface area contributed by atoms with Gasteiger partial charge in [-0.3, -0.25) is 0 Å². The molecule has 8 heteroatoms. The van der Waals surface area contributed by atoms with Crippen LogP contribution in [0.3, 0.4) is 0 Å². The van der Waals surface area contributed by atoms with Gasteiger partial charge in [0.1, 0.15) is 0 Å². The minimum atomic E-state index is -1.06. The van der Waals surface area contributed by atoms with E-state index in [0.29, 0.717) is 14.3 Å². The summed E-state index contributed by atoms with van der Waals surface area (Å²) in [6.45, 7) is -0.472. The van der Waals surface area contributed by atoms with E-state index < -0.39 is 28.5 Å². The molecule has 2 unspecified atom stereocenters. The van der Waals surface area contributed by atoms with Gasteiger partial charge in [0, 0.05) is 0 Å². The number of nitrogens with one attached hydrogen (secondary N) is 1. The van der Waals surface area contributed by atoms with Crippen molar-refractivity contribution in [3.8, 4) is 0 Å². The number of aliphatic hydroxyl groups is 2. The van der Waals surface area contributed by atoms with E-state index in [9.17, 15) is 14.3 Å². The number of benzene rings is 1. The number of pyridine rings is 1. The summed E-state index contributed by atoms with van der Waals surface area (Å²) in [6.07, 6.45) is 2.07. The molecule has 2 rings (SSSR count). The molecule has 5 nitrogen and oxygen atoms in total. The molecule has 0 saturated heterocycles. The minimum absolute atomic E-state index is 0.0466. The molecule has 0 aliphatic carbocycles. The molecule has 122 valence electrons. The first-order valence-corrected chi connectivity index (χ1v) is 9.92. The van der Waals surface area contributed by atoms with Crippen LogP contribution >= 0.6 is 22.6 Å². The summed E-state index contributed by atoms with van der Waals surface area (Å²) in [7, 11) is 0. The Hall–Kier alpha value is -1.02. The van der Waals surface area contributed by atoms with Crippen LogP contribution in [0.1, 0.15) is 10.4 Å². The van der Waals surface area contributed by atoms with Crippen LogP contribution in [0.25, 0.3) is 0 Å². The summed E-state index contributed by atoms with van der Waals surface area (Å²) in [5, 5.41) is 20.6. The molecule has 1 heterocycles. The van der Waals surface area contributed by atoms with E-state index in [4.69, 9.17) is 5.11 Å². The third-order valence-electron chi connectivity index (χ3n) is 2.98. The second-order valence-electron chi connectivity index (χ2n) is 4.72. The van der Waals surface area contributed by atoms with Gasteiger partial charge in [-0.05, 0) is 0 Å².